The Balaban J connectivity index is -0.0000000948. The maximum absolute atomic E-state index is 10.4. The highest BCUT2D eigenvalue weighted by Gasteiger charge is 2.08. The van der Waals surface area contributed by atoms with E-state index in [-0.39, 0.29) is 39.6 Å². The first-order valence-electron chi connectivity index (χ1n) is 13.1. The number of rotatable bonds is 8. The van der Waals surface area contributed by atoms with Crippen LogP contribution in [0.1, 0.15) is 27.2 Å². The van der Waals surface area contributed by atoms with Gasteiger partial charge in [0, 0.05) is 6.92 Å². The fourth-order valence-electron chi connectivity index (χ4n) is 1.27. The summed E-state index contributed by atoms with van der Waals surface area (Å²) in [4.78, 5) is 102. The van der Waals surface area contributed by atoms with Gasteiger partial charge in [0.15, 0.2) is 0 Å². The predicted octanol–water partition coefficient (Wildman–Crippen LogP) is -0.0286. The summed E-state index contributed by atoms with van der Waals surface area (Å²) in [5.74, 6) is -2.57. The first-order valence-corrected chi connectivity index (χ1v) is 13.1. The summed E-state index contributed by atoms with van der Waals surface area (Å²) in [5, 5.41) is 8.90. The Morgan fingerprint density at radius 2 is 0.538 bits per heavy atom. The Morgan fingerprint density at radius 3 is 0.635 bits per heavy atom. The maximum Gasteiger partial charge on any atom is 0.507 e. The van der Waals surface area contributed by atoms with E-state index in [1.165, 1.54) is 85.1 Å². The van der Waals surface area contributed by atoms with Crippen LogP contribution >= 0.6 is 0 Å². The maximum atomic E-state index is 10.4. The number of alkyl carbamates (subject to hydrolysis) is 4. The molecule has 0 saturated heterocycles. The summed E-state index contributed by atoms with van der Waals surface area (Å²) >= 11 is 0. The number of methoxy groups -OCH3 is 11. The van der Waals surface area contributed by atoms with Crippen LogP contribution in [0.2, 0.25) is 0 Å². The third kappa shape index (κ3) is 62.5. The van der Waals surface area contributed by atoms with Gasteiger partial charge in [-0.05, 0) is 0 Å². The highest BCUT2D eigenvalue weighted by Crippen LogP contribution is 1.86. The van der Waals surface area contributed by atoms with Crippen molar-refractivity contribution in [1.29, 1.82) is 0 Å². The SMILES string of the molecule is C.COC(=O)CC(=O)OC.COC(=O)CC(=O)OC.COC(=O)NCNC(=O)OC.COC(=O)NCNC(=O)OC.COC(=O)OC.COC(C)=O. The van der Waals surface area contributed by atoms with Crippen molar-refractivity contribution in [2.24, 2.45) is 0 Å². The molecule has 306 valence electrons. The molecule has 4 amide bonds. The smallest absolute Gasteiger partial charge is 0.469 e. The zero-order valence-corrected chi connectivity index (χ0v) is 30.4. The van der Waals surface area contributed by atoms with Gasteiger partial charge in [-0.1, -0.05) is 7.43 Å². The van der Waals surface area contributed by atoms with Crippen molar-refractivity contribution in [2.75, 3.05) is 91.5 Å². The molecule has 25 heteroatoms. The van der Waals surface area contributed by atoms with Gasteiger partial charge in [0.25, 0.3) is 0 Å². The van der Waals surface area contributed by atoms with Crippen LogP contribution in [0.3, 0.4) is 0 Å². The van der Waals surface area contributed by atoms with Crippen LogP contribution in [0, 0.1) is 0 Å². The summed E-state index contributed by atoms with van der Waals surface area (Å²) in [6.07, 6.45) is -3.72. The van der Waals surface area contributed by atoms with Crippen LogP contribution < -0.4 is 21.3 Å². The minimum absolute atomic E-state index is 0. The zero-order chi connectivity index (χ0) is 41.2. The van der Waals surface area contributed by atoms with Crippen molar-refractivity contribution in [3.05, 3.63) is 0 Å². The van der Waals surface area contributed by atoms with E-state index in [1.54, 1.807) is 0 Å². The van der Waals surface area contributed by atoms with Gasteiger partial charge in [-0.3, -0.25) is 24.0 Å². The minimum atomic E-state index is -0.657. The zero-order valence-electron chi connectivity index (χ0n) is 30.4. The lowest BCUT2D eigenvalue weighted by molar-refractivity contribution is -0.153. The molecule has 0 aliphatic carbocycles. The number of carbonyl (C=O) groups is 10. The largest absolute Gasteiger partial charge is 0.507 e. The van der Waals surface area contributed by atoms with Gasteiger partial charge in [0.2, 0.25) is 0 Å². The first-order chi connectivity index (χ1) is 23.9. The standard InChI is InChI=1S/2C5H10N2O4.2C5H8O4.C3H6O3.C3H6O2.CH4/c2*1-10-4(8)6-3-7-5(9)11-2;2*1-8-4(6)3-5(7)9-2;1-5-3(4)6-2;1-3(4)5-2;/h2*3H2,1-2H3,(H,6,8)(H,7,9);2*3H2,1-2H3;1-2H3;1-2H3;1H4. The van der Waals surface area contributed by atoms with E-state index < -0.39 is 54.4 Å². The molecule has 52 heavy (non-hydrogen) atoms. The average molecular weight is 769 g/mol. The van der Waals surface area contributed by atoms with Gasteiger partial charge >= 0.3 is 60.4 Å². The molecule has 0 aromatic heterocycles. The van der Waals surface area contributed by atoms with Crippen molar-refractivity contribution >= 4 is 60.4 Å². The van der Waals surface area contributed by atoms with Crippen molar-refractivity contribution in [2.45, 2.75) is 27.2 Å². The lowest BCUT2D eigenvalue weighted by Crippen LogP contribution is -2.36. The van der Waals surface area contributed by atoms with E-state index in [9.17, 15) is 47.9 Å². The second kappa shape index (κ2) is 46.8. The first kappa shape index (κ1) is 61.0. The van der Waals surface area contributed by atoms with E-state index in [1.807, 2.05) is 0 Å². The lowest BCUT2D eigenvalue weighted by Gasteiger charge is -2.03. The Labute approximate surface area is 300 Å². The summed E-state index contributed by atoms with van der Waals surface area (Å²) in [7, 11) is 13.6. The summed E-state index contributed by atoms with van der Waals surface area (Å²) in [5.41, 5.74) is 0. The molecule has 0 aromatic rings. The Kier molecular flexibility index (Phi) is 54.9. The van der Waals surface area contributed by atoms with E-state index in [4.69, 9.17) is 0 Å². The highest BCUT2D eigenvalue weighted by atomic mass is 16.7. The van der Waals surface area contributed by atoms with Crippen LogP contribution in [0.15, 0.2) is 0 Å². The number of amides is 4. The molecule has 0 saturated carbocycles. The van der Waals surface area contributed by atoms with E-state index in [0.29, 0.717) is 0 Å². The molecule has 4 N–H and O–H groups in total. The molecular weight excluding hydrogens is 716 g/mol. The van der Waals surface area contributed by atoms with Gasteiger partial charge in [-0.15, -0.1) is 0 Å². The van der Waals surface area contributed by atoms with E-state index in [0.717, 1.165) is 0 Å². The molecule has 25 nitrogen and oxygen atoms in total. The molecule has 0 rings (SSSR count). The van der Waals surface area contributed by atoms with Crippen LogP contribution in [0.5, 0.6) is 0 Å². The molecule has 0 heterocycles. The highest BCUT2D eigenvalue weighted by molar-refractivity contribution is 5.91. The van der Waals surface area contributed by atoms with Crippen LogP contribution in [0.4, 0.5) is 24.0 Å². The van der Waals surface area contributed by atoms with Crippen molar-refractivity contribution in [3.8, 4) is 0 Å². The minimum Gasteiger partial charge on any atom is -0.469 e. The van der Waals surface area contributed by atoms with Gasteiger partial charge in [-0.2, -0.15) is 0 Å². The van der Waals surface area contributed by atoms with Gasteiger partial charge in [-0.25, -0.2) is 24.0 Å². The molecule has 0 bridgehead atoms. The quantitative estimate of drug-likeness (QED) is 0.109. The molecule has 0 spiro atoms. The fraction of sp³-hybridized carbons (Fsp3) is 0.630. The third-order valence-corrected chi connectivity index (χ3v) is 3.78. The monoisotopic (exact) mass is 768 g/mol. The van der Waals surface area contributed by atoms with Gasteiger partial charge < -0.3 is 73.4 Å². The predicted molar refractivity (Wildman–Crippen MR) is 173 cm³/mol. The molecule has 0 radical (unpaired) electrons. The van der Waals surface area contributed by atoms with Crippen molar-refractivity contribution in [1.82, 2.24) is 21.3 Å². The van der Waals surface area contributed by atoms with Crippen molar-refractivity contribution < 1.29 is 100 Å². The van der Waals surface area contributed by atoms with Gasteiger partial charge in [0.1, 0.15) is 12.8 Å². The number of carbonyl (C=O) groups excluding carboxylic acids is 10. The van der Waals surface area contributed by atoms with E-state index in [2.05, 4.69) is 73.4 Å². The normalized spacial score (nSPS) is 7.77. The number of nitrogens with one attached hydrogen (secondary N) is 4. The molecule has 0 unspecified atom stereocenters. The number of hydrogen-bond acceptors (Lipinski definition) is 21. The Bertz CT molecular complexity index is 894. The van der Waals surface area contributed by atoms with Crippen molar-refractivity contribution in [3.63, 3.8) is 0 Å². The fourth-order valence-corrected chi connectivity index (χ4v) is 1.27. The average Bonchev–Trinajstić information content (AvgIpc) is 3.14. The van der Waals surface area contributed by atoms with Crippen LogP contribution in [0.25, 0.3) is 0 Å². The summed E-state index contributed by atoms with van der Waals surface area (Å²) < 4.78 is 45.8. The number of hydrogen-bond donors (Lipinski definition) is 4. The second-order valence-corrected chi connectivity index (χ2v) is 7.04. The molecular formula is C27H52N4O21. The Morgan fingerprint density at radius 1 is 0.346 bits per heavy atom. The molecule has 0 atom stereocenters. The molecule has 0 aliphatic heterocycles. The van der Waals surface area contributed by atoms with Gasteiger partial charge in [0.05, 0.1) is 91.5 Å². The third-order valence-electron chi connectivity index (χ3n) is 3.78. The number of ether oxygens (including phenoxy) is 11. The van der Waals surface area contributed by atoms with Crippen LogP contribution in [-0.2, 0) is 76.1 Å². The molecule has 0 fully saturated rings. The molecule has 0 aliphatic rings. The second-order valence-electron chi connectivity index (χ2n) is 7.04. The molecule has 0 aromatic carbocycles. The lowest BCUT2D eigenvalue weighted by atomic mass is 10.4. The Hall–Kier alpha value is -6.30. The topological polar surface area (TPSA) is 320 Å². The van der Waals surface area contributed by atoms with Crippen LogP contribution in [-0.4, -0.2) is 152 Å². The number of esters is 5. The van der Waals surface area contributed by atoms with E-state index >= 15 is 0 Å². The summed E-state index contributed by atoms with van der Waals surface area (Å²) in [6, 6.07) is 0. The summed E-state index contributed by atoms with van der Waals surface area (Å²) in [6.45, 7) is 1.33.